The van der Waals surface area contributed by atoms with Crippen molar-refractivity contribution in [1.82, 2.24) is 10.3 Å². The molecule has 1 aromatic heterocycles. The molecule has 2 rings (SSSR count). The molecule has 1 aliphatic rings. The van der Waals surface area contributed by atoms with Crippen molar-refractivity contribution in [3.05, 3.63) is 28.5 Å². The van der Waals surface area contributed by atoms with Gasteiger partial charge in [-0.05, 0) is 30.9 Å². The molecule has 0 aromatic carbocycles. The maximum Gasteiger partial charge on any atom is 0.251 e. The zero-order chi connectivity index (χ0) is 13.8. The summed E-state index contributed by atoms with van der Waals surface area (Å²) in [6, 6.07) is 3.50. The first kappa shape index (κ1) is 14.3. The normalized spacial score (nSPS) is 19.5. The van der Waals surface area contributed by atoms with Crippen molar-refractivity contribution in [1.29, 1.82) is 0 Å². The number of nitrogens with one attached hydrogen (secondary N) is 1. The number of aromatic nitrogens is 1. The van der Waals surface area contributed by atoms with Gasteiger partial charge in [0, 0.05) is 17.9 Å². The second-order valence-corrected chi connectivity index (χ2v) is 5.53. The van der Waals surface area contributed by atoms with Gasteiger partial charge < -0.3 is 10.1 Å². The van der Waals surface area contributed by atoms with Gasteiger partial charge in [0.05, 0.1) is 12.6 Å². The smallest absolute Gasteiger partial charge is 0.251 e. The van der Waals surface area contributed by atoms with Crippen LogP contribution in [0.4, 0.5) is 0 Å². The molecule has 1 unspecified atom stereocenters. The molecular weight excluding hydrogens is 264 g/mol. The van der Waals surface area contributed by atoms with Crippen molar-refractivity contribution < 1.29 is 9.53 Å². The quantitative estimate of drug-likeness (QED) is 0.868. The lowest BCUT2D eigenvalue weighted by Crippen LogP contribution is -2.40. The van der Waals surface area contributed by atoms with E-state index in [0.717, 1.165) is 25.1 Å². The standard InChI is InChI=1S/C14H19ClN2O2/c1-9(2)12-6-10(7-13(15)17-12)14(18)16-11-4-3-5-19-8-11/h6-7,9,11H,3-5,8H2,1-2H3,(H,16,18). The average Bonchev–Trinajstić information content (AvgIpc) is 2.39. The van der Waals surface area contributed by atoms with E-state index in [1.807, 2.05) is 13.8 Å². The van der Waals surface area contributed by atoms with Crippen LogP contribution in [0.25, 0.3) is 0 Å². The van der Waals surface area contributed by atoms with Gasteiger partial charge in [-0.2, -0.15) is 0 Å². The minimum Gasteiger partial charge on any atom is -0.379 e. The summed E-state index contributed by atoms with van der Waals surface area (Å²) in [6.45, 7) is 5.41. The molecule has 1 N–H and O–H groups in total. The minimum atomic E-state index is -0.110. The summed E-state index contributed by atoms with van der Waals surface area (Å²) in [4.78, 5) is 16.4. The fraction of sp³-hybridized carbons (Fsp3) is 0.571. The molecule has 1 saturated heterocycles. The number of halogens is 1. The van der Waals surface area contributed by atoms with Crippen molar-refractivity contribution in [3.8, 4) is 0 Å². The number of carbonyl (C=O) groups excluding carboxylic acids is 1. The maximum atomic E-state index is 12.2. The van der Waals surface area contributed by atoms with Gasteiger partial charge in [-0.1, -0.05) is 25.4 Å². The summed E-state index contributed by atoms with van der Waals surface area (Å²) >= 11 is 5.97. The first-order valence-electron chi connectivity index (χ1n) is 6.62. The Bertz CT molecular complexity index is 457. The second kappa shape index (κ2) is 6.35. The van der Waals surface area contributed by atoms with E-state index in [-0.39, 0.29) is 17.9 Å². The Morgan fingerprint density at radius 3 is 2.95 bits per heavy atom. The monoisotopic (exact) mass is 282 g/mol. The Hall–Kier alpha value is -1.13. The Labute approximate surface area is 118 Å². The topological polar surface area (TPSA) is 51.2 Å². The average molecular weight is 283 g/mol. The van der Waals surface area contributed by atoms with Crippen LogP contribution >= 0.6 is 11.6 Å². The van der Waals surface area contributed by atoms with E-state index in [1.165, 1.54) is 0 Å². The fourth-order valence-electron chi connectivity index (χ4n) is 2.07. The van der Waals surface area contributed by atoms with Crippen LogP contribution in [0.2, 0.25) is 5.15 Å². The molecule has 1 aliphatic heterocycles. The molecule has 0 radical (unpaired) electrons. The highest BCUT2D eigenvalue weighted by Gasteiger charge is 2.18. The van der Waals surface area contributed by atoms with E-state index in [9.17, 15) is 4.79 Å². The van der Waals surface area contributed by atoms with Gasteiger partial charge in [0.2, 0.25) is 0 Å². The van der Waals surface area contributed by atoms with E-state index in [0.29, 0.717) is 17.3 Å². The van der Waals surface area contributed by atoms with Gasteiger partial charge >= 0.3 is 0 Å². The Kier molecular flexibility index (Phi) is 4.77. The SMILES string of the molecule is CC(C)c1cc(C(=O)NC2CCCOC2)cc(Cl)n1. The Morgan fingerprint density at radius 1 is 1.53 bits per heavy atom. The van der Waals surface area contributed by atoms with Crippen LogP contribution in [0.5, 0.6) is 0 Å². The second-order valence-electron chi connectivity index (χ2n) is 5.15. The fourth-order valence-corrected chi connectivity index (χ4v) is 2.28. The number of amides is 1. The van der Waals surface area contributed by atoms with E-state index >= 15 is 0 Å². The zero-order valence-electron chi connectivity index (χ0n) is 11.3. The summed E-state index contributed by atoms with van der Waals surface area (Å²) in [5.74, 6) is 0.130. The lowest BCUT2D eigenvalue weighted by molar-refractivity contribution is 0.0624. The van der Waals surface area contributed by atoms with Gasteiger partial charge in [-0.25, -0.2) is 4.98 Å². The molecule has 1 atom stereocenters. The predicted molar refractivity (Wildman–Crippen MR) is 74.6 cm³/mol. The van der Waals surface area contributed by atoms with Crippen LogP contribution in [-0.2, 0) is 4.74 Å². The minimum absolute atomic E-state index is 0.0932. The van der Waals surface area contributed by atoms with Gasteiger partial charge in [0.25, 0.3) is 5.91 Å². The van der Waals surface area contributed by atoms with E-state index in [1.54, 1.807) is 12.1 Å². The summed E-state index contributed by atoms with van der Waals surface area (Å²) in [5, 5.41) is 3.34. The Morgan fingerprint density at radius 2 is 2.32 bits per heavy atom. The summed E-state index contributed by atoms with van der Waals surface area (Å²) in [5.41, 5.74) is 1.40. The van der Waals surface area contributed by atoms with Crippen LogP contribution in [0.15, 0.2) is 12.1 Å². The van der Waals surface area contributed by atoms with Crippen LogP contribution in [-0.4, -0.2) is 30.1 Å². The number of carbonyl (C=O) groups is 1. The van der Waals surface area contributed by atoms with E-state index < -0.39 is 0 Å². The molecule has 0 saturated carbocycles. The first-order chi connectivity index (χ1) is 9.06. The molecule has 0 bridgehead atoms. The molecule has 2 heterocycles. The molecule has 0 aliphatic carbocycles. The highest BCUT2D eigenvalue weighted by Crippen LogP contribution is 2.18. The van der Waals surface area contributed by atoms with Crippen LogP contribution in [0, 0.1) is 0 Å². The summed E-state index contributed by atoms with van der Waals surface area (Å²) in [7, 11) is 0. The van der Waals surface area contributed by atoms with Crippen molar-refractivity contribution in [2.24, 2.45) is 0 Å². The van der Waals surface area contributed by atoms with Crippen molar-refractivity contribution in [3.63, 3.8) is 0 Å². The van der Waals surface area contributed by atoms with Crippen molar-refractivity contribution in [2.45, 2.75) is 38.6 Å². The summed E-state index contributed by atoms with van der Waals surface area (Å²) < 4.78 is 5.35. The summed E-state index contributed by atoms with van der Waals surface area (Å²) in [6.07, 6.45) is 1.95. The third-order valence-electron chi connectivity index (χ3n) is 3.16. The van der Waals surface area contributed by atoms with Gasteiger partial charge in [0.1, 0.15) is 5.15 Å². The first-order valence-corrected chi connectivity index (χ1v) is 7.00. The highest BCUT2D eigenvalue weighted by molar-refractivity contribution is 6.29. The zero-order valence-corrected chi connectivity index (χ0v) is 12.0. The number of hydrogen-bond acceptors (Lipinski definition) is 3. The number of ether oxygens (including phenoxy) is 1. The van der Waals surface area contributed by atoms with Gasteiger partial charge in [0.15, 0.2) is 0 Å². The molecule has 1 amide bonds. The number of nitrogens with zero attached hydrogens (tertiary/aromatic N) is 1. The predicted octanol–water partition coefficient (Wildman–Crippen LogP) is 2.77. The van der Waals surface area contributed by atoms with Crippen LogP contribution in [0.3, 0.4) is 0 Å². The van der Waals surface area contributed by atoms with Crippen LogP contribution in [0.1, 0.15) is 48.7 Å². The lowest BCUT2D eigenvalue weighted by Gasteiger charge is -2.23. The molecule has 1 aromatic rings. The molecule has 19 heavy (non-hydrogen) atoms. The van der Waals surface area contributed by atoms with Gasteiger partial charge in [-0.3, -0.25) is 4.79 Å². The molecule has 1 fully saturated rings. The number of rotatable bonds is 3. The maximum absolute atomic E-state index is 12.2. The van der Waals surface area contributed by atoms with E-state index in [4.69, 9.17) is 16.3 Å². The lowest BCUT2D eigenvalue weighted by atomic mass is 10.1. The number of pyridine rings is 1. The molecule has 5 heteroatoms. The van der Waals surface area contributed by atoms with Crippen molar-refractivity contribution >= 4 is 17.5 Å². The van der Waals surface area contributed by atoms with Crippen LogP contribution < -0.4 is 5.32 Å². The number of hydrogen-bond donors (Lipinski definition) is 1. The third kappa shape index (κ3) is 3.91. The molecular formula is C14H19ClN2O2. The largest absolute Gasteiger partial charge is 0.379 e. The van der Waals surface area contributed by atoms with Gasteiger partial charge in [-0.15, -0.1) is 0 Å². The highest BCUT2D eigenvalue weighted by atomic mass is 35.5. The van der Waals surface area contributed by atoms with Crippen molar-refractivity contribution in [2.75, 3.05) is 13.2 Å². The molecule has 104 valence electrons. The Balaban J connectivity index is 2.09. The molecule has 0 spiro atoms. The molecule has 4 nitrogen and oxygen atoms in total. The third-order valence-corrected chi connectivity index (χ3v) is 3.36. The van der Waals surface area contributed by atoms with E-state index in [2.05, 4.69) is 10.3 Å².